The van der Waals surface area contributed by atoms with Gasteiger partial charge < -0.3 is 0 Å². The van der Waals surface area contributed by atoms with Crippen molar-refractivity contribution >= 4 is 5.78 Å². The Balaban J connectivity index is 2.22. The van der Waals surface area contributed by atoms with Crippen molar-refractivity contribution in [3.63, 3.8) is 0 Å². The number of rotatable bonds is 3. The highest BCUT2D eigenvalue weighted by atomic mass is 16.1. The van der Waals surface area contributed by atoms with E-state index in [4.69, 9.17) is 0 Å². The third-order valence-corrected chi connectivity index (χ3v) is 3.25. The standard InChI is InChI=1S/C14H16O/c1-2-6-13-12(9-10-14(13)15)11-7-4-3-5-8-11/h2-5,7-8,12-13H,1,6,9-10H2. The molecule has 1 aliphatic rings. The zero-order chi connectivity index (χ0) is 10.7. The van der Waals surface area contributed by atoms with Crippen LogP contribution in [-0.4, -0.2) is 5.78 Å². The summed E-state index contributed by atoms with van der Waals surface area (Å²) in [6, 6.07) is 10.4. The van der Waals surface area contributed by atoms with E-state index < -0.39 is 0 Å². The summed E-state index contributed by atoms with van der Waals surface area (Å²) >= 11 is 0. The first-order valence-electron chi connectivity index (χ1n) is 5.51. The minimum Gasteiger partial charge on any atom is -0.299 e. The second-order valence-electron chi connectivity index (χ2n) is 4.15. The maximum atomic E-state index is 11.7. The van der Waals surface area contributed by atoms with E-state index in [-0.39, 0.29) is 5.92 Å². The molecule has 0 amide bonds. The van der Waals surface area contributed by atoms with Crippen LogP contribution in [0.15, 0.2) is 43.0 Å². The van der Waals surface area contributed by atoms with E-state index in [1.807, 2.05) is 24.3 Å². The van der Waals surface area contributed by atoms with Crippen molar-refractivity contribution < 1.29 is 4.79 Å². The van der Waals surface area contributed by atoms with Gasteiger partial charge in [0.1, 0.15) is 5.78 Å². The van der Waals surface area contributed by atoms with Gasteiger partial charge in [-0.25, -0.2) is 0 Å². The molecule has 1 aromatic rings. The molecular weight excluding hydrogens is 184 g/mol. The molecule has 0 N–H and O–H groups in total. The number of Topliss-reactive ketones (excluding diaryl/α,β-unsaturated/α-hetero) is 1. The molecule has 0 bridgehead atoms. The van der Waals surface area contributed by atoms with Crippen molar-refractivity contribution in [3.05, 3.63) is 48.6 Å². The largest absolute Gasteiger partial charge is 0.299 e. The van der Waals surface area contributed by atoms with Gasteiger partial charge in [0.25, 0.3) is 0 Å². The van der Waals surface area contributed by atoms with E-state index in [2.05, 4.69) is 18.7 Å². The Morgan fingerprint density at radius 3 is 2.73 bits per heavy atom. The Labute approximate surface area is 90.8 Å². The van der Waals surface area contributed by atoms with Gasteiger partial charge in [0, 0.05) is 12.3 Å². The third-order valence-electron chi connectivity index (χ3n) is 3.25. The van der Waals surface area contributed by atoms with E-state index >= 15 is 0 Å². The van der Waals surface area contributed by atoms with Crippen LogP contribution in [0.2, 0.25) is 0 Å². The second-order valence-corrected chi connectivity index (χ2v) is 4.15. The summed E-state index contributed by atoms with van der Waals surface area (Å²) in [6.45, 7) is 3.73. The van der Waals surface area contributed by atoms with Crippen LogP contribution in [0.25, 0.3) is 0 Å². The van der Waals surface area contributed by atoms with Crippen LogP contribution in [0.1, 0.15) is 30.7 Å². The maximum absolute atomic E-state index is 11.7. The number of allylic oxidation sites excluding steroid dienone is 1. The first-order valence-corrected chi connectivity index (χ1v) is 5.51. The normalized spacial score (nSPS) is 25.5. The fraction of sp³-hybridized carbons (Fsp3) is 0.357. The lowest BCUT2D eigenvalue weighted by Gasteiger charge is -2.16. The number of hydrogen-bond acceptors (Lipinski definition) is 1. The lowest BCUT2D eigenvalue weighted by Crippen LogP contribution is -2.12. The molecule has 1 saturated carbocycles. The monoisotopic (exact) mass is 200 g/mol. The molecule has 0 aromatic heterocycles. The van der Waals surface area contributed by atoms with Gasteiger partial charge in [-0.15, -0.1) is 6.58 Å². The number of carbonyl (C=O) groups is 1. The minimum absolute atomic E-state index is 0.171. The van der Waals surface area contributed by atoms with Crippen LogP contribution in [0.4, 0.5) is 0 Å². The van der Waals surface area contributed by atoms with Crippen LogP contribution in [0.3, 0.4) is 0 Å². The molecule has 2 rings (SSSR count). The first-order chi connectivity index (χ1) is 7.33. The molecule has 15 heavy (non-hydrogen) atoms. The quantitative estimate of drug-likeness (QED) is 0.684. The molecule has 0 spiro atoms. The molecule has 1 aliphatic carbocycles. The summed E-state index contributed by atoms with van der Waals surface area (Å²) < 4.78 is 0. The van der Waals surface area contributed by atoms with Gasteiger partial charge in [0.2, 0.25) is 0 Å². The molecule has 0 heterocycles. The lowest BCUT2D eigenvalue weighted by molar-refractivity contribution is -0.120. The number of benzene rings is 1. The molecule has 0 aliphatic heterocycles. The van der Waals surface area contributed by atoms with Crippen LogP contribution < -0.4 is 0 Å². The highest BCUT2D eigenvalue weighted by molar-refractivity contribution is 5.84. The Bertz CT molecular complexity index is 353. The number of ketones is 1. The van der Waals surface area contributed by atoms with Gasteiger partial charge >= 0.3 is 0 Å². The zero-order valence-corrected chi connectivity index (χ0v) is 8.86. The topological polar surface area (TPSA) is 17.1 Å². The number of carbonyl (C=O) groups excluding carboxylic acids is 1. The summed E-state index contributed by atoms with van der Waals surface area (Å²) in [6.07, 6.45) is 4.42. The molecule has 1 nitrogen and oxygen atoms in total. The van der Waals surface area contributed by atoms with Gasteiger partial charge in [-0.05, 0) is 24.3 Å². The van der Waals surface area contributed by atoms with Crippen LogP contribution >= 0.6 is 0 Å². The molecule has 2 unspecified atom stereocenters. The van der Waals surface area contributed by atoms with Crippen LogP contribution in [-0.2, 0) is 4.79 Å². The van der Waals surface area contributed by atoms with Gasteiger partial charge in [-0.2, -0.15) is 0 Å². The highest BCUT2D eigenvalue weighted by Gasteiger charge is 2.34. The molecule has 1 heteroatoms. The summed E-state index contributed by atoms with van der Waals surface area (Å²) in [5.74, 6) is 0.991. The van der Waals surface area contributed by atoms with Gasteiger partial charge in [0.15, 0.2) is 0 Å². The van der Waals surface area contributed by atoms with Crippen LogP contribution in [0, 0.1) is 5.92 Å². The zero-order valence-electron chi connectivity index (χ0n) is 8.86. The smallest absolute Gasteiger partial charge is 0.136 e. The molecule has 1 aromatic carbocycles. The number of hydrogen-bond donors (Lipinski definition) is 0. The second kappa shape index (κ2) is 4.43. The molecule has 0 radical (unpaired) electrons. The van der Waals surface area contributed by atoms with Crippen molar-refractivity contribution in [2.45, 2.75) is 25.2 Å². The fourth-order valence-corrected chi connectivity index (χ4v) is 2.48. The van der Waals surface area contributed by atoms with Crippen molar-refractivity contribution in [1.82, 2.24) is 0 Å². The van der Waals surface area contributed by atoms with Gasteiger partial charge in [0.05, 0.1) is 0 Å². The molecule has 78 valence electrons. The van der Waals surface area contributed by atoms with E-state index in [9.17, 15) is 4.79 Å². The maximum Gasteiger partial charge on any atom is 0.136 e. The summed E-state index contributed by atoms with van der Waals surface area (Å²) in [7, 11) is 0. The van der Waals surface area contributed by atoms with E-state index in [1.54, 1.807) is 0 Å². The SMILES string of the molecule is C=CCC1C(=O)CCC1c1ccccc1. The molecular formula is C14H16O. The van der Waals surface area contributed by atoms with Crippen molar-refractivity contribution in [3.8, 4) is 0 Å². The van der Waals surface area contributed by atoms with E-state index in [0.29, 0.717) is 11.7 Å². The Morgan fingerprint density at radius 2 is 2.07 bits per heavy atom. The van der Waals surface area contributed by atoms with E-state index in [0.717, 1.165) is 19.3 Å². The third kappa shape index (κ3) is 2.01. The van der Waals surface area contributed by atoms with Crippen LogP contribution in [0.5, 0.6) is 0 Å². The fourth-order valence-electron chi connectivity index (χ4n) is 2.48. The Hall–Kier alpha value is -1.37. The van der Waals surface area contributed by atoms with E-state index in [1.165, 1.54) is 5.56 Å². The minimum atomic E-state index is 0.171. The van der Waals surface area contributed by atoms with Gasteiger partial charge in [-0.1, -0.05) is 36.4 Å². The average Bonchev–Trinajstić information content (AvgIpc) is 2.63. The van der Waals surface area contributed by atoms with Crippen molar-refractivity contribution in [1.29, 1.82) is 0 Å². The van der Waals surface area contributed by atoms with Gasteiger partial charge in [-0.3, -0.25) is 4.79 Å². The predicted molar refractivity (Wildman–Crippen MR) is 61.7 cm³/mol. The summed E-state index contributed by atoms with van der Waals surface area (Å²) in [5.41, 5.74) is 1.30. The Morgan fingerprint density at radius 1 is 1.33 bits per heavy atom. The lowest BCUT2D eigenvalue weighted by atomic mass is 9.86. The first kappa shape index (κ1) is 10.2. The average molecular weight is 200 g/mol. The molecule has 1 fully saturated rings. The molecule has 2 atom stereocenters. The summed E-state index contributed by atoms with van der Waals surface area (Å²) in [4.78, 5) is 11.7. The Kier molecular flexibility index (Phi) is 3.00. The van der Waals surface area contributed by atoms with Crippen molar-refractivity contribution in [2.24, 2.45) is 5.92 Å². The molecule has 0 saturated heterocycles. The highest BCUT2D eigenvalue weighted by Crippen LogP contribution is 2.39. The van der Waals surface area contributed by atoms with Crippen molar-refractivity contribution in [2.75, 3.05) is 0 Å². The predicted octanol–water partition coefficient (Wildman–Crippen LogP) is 3.33. The summed E-state index contributed by atoms with van der Waals surface area (Å²) in [5, 5.41) is 0.